The number of sulfonamides is 1. The second-order valence-corrected chi connectivity index (χ2v) is 5.86. The summed E-state index contributed by atoms with van der Waals surface area (Å²) in [4.78, 5) is 13.5. The lowest BCUT2D eigenvalue weighted by molar-refractivity contribution is 0.0958. The third kappa shape index (κ3) is 4.97. The quantitative estimate of drug-likeness (QED) is 0.791. The van der Waals surface area contributed by atoms with Gasteiger partial charge in [0.2, 0.25) is 10.0 Å². The summed E-state index contributed by atoms with van der Waals surface area (Å²) in [5, 5.41) is 0. The SMILES string of the molecule is CN(C)CC(=O)c1ccc(NS(C)(=O)=O)cc1. The summed E-state index contributed by atoms with van der Waals surface area (Å²) < 4.78 is 24.3. The number of anilines is 1. The van der Waals surface area contributed by atoms with Crippen molar-refractivity contribution < 1.29 is 13.2 Å². The molecule has 0 aliphatic heterocycles. The summed E-state index contributed by atoms with van der Waals surface area (Å²) in [6.07, 6.45) is 1.08. The van der Waals surface area contributed by atoms with E-state index in [1.165, 1.54) is 0 Å². The summed E-state index contributed by atoms with van der Waals surface area (Å²) in [5.74, 6) is 0.000839. The molecule has 0 amide bonds. The summed E-state index contributed by atoms with van der Waals surface area (Å²) in [7, 11) is 0.361. The van der Waals surface area contributed by atoms with E-state index in [4.69, 9.17) is 0 Å². The van der Waals surface area contributed by atoms with Crippen LogP contribution in [0.1, 0.15) is 10.4 Å². The number of carbonyl (C=O) groups is 1. The minimum Gasteiger partial charge on any atom is -0.302 e. The van der Waals surface area contributed by atoms with Gasteiger partial charge in [0.15, 0.2) is 5.78 Å². The Balaban J connectivity index is 2.78. The largest absolute Gasteiger partial charge is 0.302 e. The van der Waals surface area contributed by atoms with E-state index in [0.717, 1.165) is 6.26 Å². The number of nitrogens with one attached hydrogen (secondary N) is 1. The van der Waals surface area contributed by atoms with Gasteiger partial charge in [-0.3, -0.25) is 9.52 Å². The van der Waals surface area contributed by atoms with Gasteiger partial charge in [-0.2, -0.15) is 0 Å². The molecule has 1 aromatic carbocycles. The smallest absolute Gasteiger partial charge is 0.229 e. The van der Waals surface area contributed by atoms with Crippen LogP contribution in [0.5, 0.6) is 0 Å². The molecule has 0 aliphatic rings. The number of nitrogens with zero attached hydrogens (tertiary/aromatic N) is 1. The molecule has 0 unspecified atom stereocenters. The molecule has 1 aromatic rings. The van der Waals surface area contributed by atoms with Crippen LogP contribution < -0.4 is 4.72 Å². The van der Waals surface area contributed by atoms with Gasteiger partial charge in [0.05, 0.1) is 12.8 Å². The van der Waals surface area contributed by atoms with Crippen molar-refractivity contribution in [2.45, 2.75) is 0 Å². The van der Waals surface area contributed by atoms with Crippen molar-refractivity contribution in [1.82, 2.24) is 4.90 Å². The number of hydrogen-bond donors (Lipinski definition) is 1. The van der Waals surface area contributed by atoms with E-state index in [-0.39, 0.29) is 5.78 Å². The minimum atomic E-state index is -3.27. The molecule has 94 valence electrons. The van der Waals surface area contributed by atoms with Gasteiger partial charge in [-0.05, 0) is 38.4 Å². The van der Waals surface area contributed by atoms with Gasteiger partial charge in [-0.15, -0.1) is 0 Å². The Hall–Kier alpha value is -1.40. The molecule has 0 heterocycles. The van der Waals surface area contributed by atoms with E-state index in [2.05, 4.69) is 4.72 Å². The van der Waals surface area contributed by atoms with Crippen molar-refractivity contribution in [2.24, 2.45) is 0 Å². The van der Waals surface area contributed by atoms with Crippen molar-refractivity contribution in [1.29, 1.82) is 0 Å². The van der Waals surface area contributed by atoms with Crippen LogP contribution in [0.4, 0.5) is 5.69 Å². The molecule has 6 heteroatoms. The first-order chi connectivity index (χ1) is 7.78. The molecule has 0 fully saturated rings. The van der Waals surface area contributed by atoms with Crippen LogP contribution in [-0.4, -0.2) is 46.0 Å². The van der Waals surface area contributed by atoms with E-state index in [1.54, 1.807) is 29.2 Å². The maximum atomic E-state index is 11.7. The normalized spacial score (nSPS) is 11.5. The molecular weight excluding hydrogens is 240 g/mol. The second-order valence-electron chi connectivity index (χ2n) is 4.11. The fourth-order valence-electron chi connectivity index (χ4n) is 1.32. The highest BCUT2D eigenvalue weighted by atomic mass is 32.2. The third-order valence-corrected chi connectivity index (χ3v) is 2.58. The molecule has 1 rings (SSSR count). The zero-order valence-corrected chi connectivity index (χ0v) is 10.9. The highest BCUT2D eigenvalue weighted by molar-refractivity contribution is 7.92. The lowest BCUT2D eigenvalue weighted by Crippen LogP contribution is -2.21. The van der Waals surface area contributed by atoms with Crippen molar-refractivity contribution in [3.63, 3.8) is 0 Å². The lowest BCUT2D eigenvalue weighted by atomic mass is 10.1. The highest BCUT2D eigenvalue weighted by Crippen LogP contribution is 2.11. The number of hydrogen-bond acceptors (Lipinski definition) is 4. The van der Waals surface area contributed by atoms with Crippen LogP contribution in [0.15, 0.2) is 24.3 Å². The first kappa shape index (κ1) is 13.7. The van der Waals surface area contributed by atoms with Gasteiger partial charge >= 0.3 is 0 Å². The number of ketones is 1. The molecule has 0 aromatic heterocycles. The number of rotatable bonds is 5. The van der Waals surface area contributed by atoms with Crippen LogP contribution in [0.3, 0.4) is 0 Å². The molecule has 1 N–H and O–H groups in total. The standard InChI is InChI=1S/C11H16N2O3S/c1-13(2)8-11(14)9-4-6-10(7-5-9)12-17(3,15)16/h4-7,12H,8H2,1-3H3. The van der Waals surface area contributed by atoms with Crippen molar-refractivity contribution in [3.8, 4) is 0 Å². The Morgan fingerprint density at radius 2 is 1.76 bits per heavy atom. The fraction of sp³-hybridized carbons (Fsp3) is 0.364. The Morgan fingerprint density at radius 3 is 2.18 bits per heavy atom. The van der Waals surface area contributed by atoms with E-state index < -0.39 is 10.0 Å². The zero-order valence-electron chi connectivity index (χ0n) is 10.1. The van der Waals surface area contributed by atoms with Crippen LogP contribution >= 0.6 is 0 Å². The third-order valence-electron chi connectivity index (χ3n) is 1.97. The first-order valence-electron chi connectivity index (χ1n) is 5.04. The van der Waals surface area contributed by atoms with Gasteiger partial charge in [-0.25, -0.2) is 8.42 Å². The highest BCUT2D eigenvalue weighted by Gasteiger charge is 2.07. The Kier molecular flexibility index (Phi) is 4.25. The van der Waals surface area contributed by atoms with Gasteiger partial charge in [-0.1, -0.05) is 0 Å². The zero-order chi connectivity index (χ0) is 13.1. The minimum absolute atomic E-state index is 0.000839. The molecule has 0 bridgehead atoms. The Bertz CT molecular complexity index is 492. The molecule has 5 nitrogen and oxygen atoms in total. The maximum absolute atomic E-state index is 11.7. The fourth-order valence-corrected chi connectivity index (χ4v) is 1.88. The molecule has 0 spiro atoms. The van der Waals surface area contributed by atoms with Crippen LogP contribution in [0, 0.1) is 0 Å². The Morgan fingerprint density at radius 1 is 1.24 bits per heavy atom. The van der Waals surface area contributed by atoms with Crippen LogP contribution in [0.2, 0.25) is 0 Å². The van der Waals surface area contributed by atoms with E-state index >= 15 is 0 Å². The number of benzene rings is 1. The van der Waals surface area contributed by atoms with Gasteiger partial charge < -0.3 is 4.90 Å². The topological polar surface area (TPSA) is 66.5 Å². The van der Waals surface area contributed by atoms with E-state index in [9.17, 15) is 13.2 Å². The van der Waals surface area contributed by atoms with Gasteiger partial charge in [0.1, 0.15) is 0 Å². The number of Topliss-reactive ketones (excluding diaryl/α,β-unsaturated/α-hetero) is 1. The molecule has 0 saturated heterocycles. The molecule has 17 heavy (non-hydrogen) atoms. The van der Waals surface area contributed by atoms with E-state index in [0.29, 0.717) is 17.8 Å². The maximum Gasteiger partial charge on any atom is 0.229 e. The van der Waals surface area contributed by atoms with Crippen LogP contribution in [-0.2, 0) is 10.0 Å². The van der Waals surface area contributed by atoms with Gasteiger partial charge in [0.25, 0.3) is 0 Å². The monoisotopic (exact) mass is 256 g/mol. The summed E-state index contributed by atoms with van der Waals surface area (Å²) in [6.45, 7) is 0.332. The van der Waals surface area contributed by atoms with Crippen molar-refractivity contribution in [2.75, 3.05) is 31.6 Å². The predicted octanol–water partition coefficient (Wildman–Crippen LogP) is 0.802. The van der Waals surface area contributed by atoms with Gasteiger partial charge in [0, 0.05) is 11.3 Å². The number of carbonyl (C=O) groups excluding carboxylic acids is 1. The molecule has 0 radical (unpaired) electrons. The Labute approximate surface area is 101 Å². The molecule has 0 aliphatic carbocycles. The first-order valence-corrected chi connectivity index (χ1v) is 6.93. The predicted molar refractivity (Wildman–Crippen MR) is 67.8 cm³/mol. The molecular formula is C11H16N2O3S. The molecule has 0 atom stereocenters. The van der Waals surface area contributed by atoms with E-state index in [1.807, 2.05) is 14.1 Å². The second kappa shape index (κ2) is 5.29. The average molecular weight is 256 g/mol. The summed E-state index contributed by atoms with van der Waals surface area (Å²) in [5.41, 5.74) is 1.02. The number of likely N-dealkylation sites (N-methyl/N-ethyl adjacent to an activating group) is 1. The van der Waals surface area contributed by atoms with Crippen LogP contribution in [0.25, 0.3) is 0 Å². The summed E-state index contributed by atoms with van der Waals surface area (Å²) in [6, 6.07) is 6.37. The molecule has 0 saturated carbocycles. The average Bonchev–Trinajstić information content (AvgIpc) is 2.15. The van der Waals surface area contributed by atoms with Crippen molar-refractivity contribution >= 4 is 21.5 Å². The lowest BCUT2D eigenvalue weighted by Gasteiger charge is -2.09. The van der Waals surface area contributed by atoms with Crippen molar-refractivity contribution in [3.05, 3.63) is 29.8 Å². The summed E-state index contributed by atoms with van der Waals surface area (Å²) >= 11 is 0.